The molecular formula is C28H25ClN2O6. The van der Waals surface area contributed by atoms with Gasteiger partial charge in [-0.3, -0.25) is 4.79 Å². The number of hydrogen-bond donors (Lipinski definition) is 2. The van der Waals surface area contributed by atoms with E-state index in [1.54, 1.807) is 73.7 Å². The topological polar surface area (TPSA) is 103 Å². The summed E-state index contributed by atoms with van der Waals surface area (Å²) in [7, 11) is 2.84. The fourth-order valence-corrected chi connectivity index (χ4v) is 4.13. The van der Waals surface area contributed by atoms with Gasteiger partial charge in [0, 0.05) is 21.9 Å². The van der Waals surface area contributed by atoms with Gasteiger partial charge in [0.1, 0.15) is 6.61 Å². The average Bonchev–Trinajstić information content (AvgIpc) is 2.91. The van der Waals surface area contributed by atoms with Crippen LogP contribution in [0.25, 0.3) is 0 Å². The second kappa shape index (κ2) is 11.2. The van der Waals surface area contributed by atoms with E-state index >= 15 is 0 Å². The molecule has 9 heteroatoms. The summed E-state index contributed by atoms with van der Waals surface area (Å²) < 4.78 is 16.2. The SMILES string of the molecule is COC(=O)c1ccc(COc2ccc([C@H]3NC(=O)NC(C)=C3C(=O)c3ccc(Cl)cc3)cc2OC)cc1. The Bertz CT molecular complexity index is 1370. The summed E-state index contributed by atoms with van der Waals surface area (Å²) in [5, 5.41) is 6.04. The maximum Gasteiger partial charge on any atom is 0.337 e. The van der Waals surface area contributed by atoms with Gasteiger partial charge in [-0.1, -0.05) is 29.8 Å². The van der Waals surface area contributed by atoms with E-state index in [2.05, 4.69) is 10.6 Å². The van der Waals surface area contributed by atoms with E-state index in [9.17, 15) is 14.4 Å². The van der Waals surface area contributed by atoms with Crippen LogP contribution in [0.15, 0.2) is 78.0 Å². The molecule has 8 nitrogen and oxygen atoms in total. The summed E-state index contributed by atoms with van der Waals surface area (Å²) in [6, 6.07) is 17.6. The van der Waals surface area contributed by atoms with E-state index in [0.717, 1.165) is 5.56 Å². The van der Waals surface area contributed by atoms with Crippen LogP contribution < -0.4 is 20.1 Å². The lowest BCUT2D eigenvalue weighted by molar-refractivity contribution is 0.0600. The number of Topliss-reactive ketones (excluding diaryl/α,β-unsaturated/α-hetero) is 1. The molecule has 0 saturated heterocycles. The number of urea groups is 1. The van der Waals surface area contributed by atoms with Crippen LogP contribution in [-0.4, -0.2) is 32.0 Å². The molecule has 0 radical (unpaired) electrons. The van der Waals surface area contributed by atoms with Crippen molar-refractivity contribution in [2.75, 3.05) is 14.2 Å². The Labute approximate surface area is 219 Å². The first kappa shape index (κ1) is 25.8. The summed E-state index contributed by atoms with van der Waals surface area (Å²) in [5.41, 5.74) is 3.26. The van der Waals surface area contributed by atoms with E-state index in [4.69, 9.17) is 25.8 Å². The summed E-state index contributed by atoms with van der Waals surface area (Å²) in [4.78, 5) is 37.3. The first-order chi connectivity index (χ1) is 17.8. The predicted molar refractivity (Wildman–Crippen MR) is 138 cm³/mol. The number of rotatable bonds is 8. The number of esters is 1. The summed E-state index contributed by atoms with van der Waals surface area (Å²) in [6.45, 7) is 1.93. The number of benzene rings is 3. The zero-order chi connectivity index (χ0) is 26.5. The molecule has 0 aromatic heterocycles. The molecular weight excluding hydrogens is 496 g/mol. The summed E-state index contributed by atoms with van der Waals surface area (Å²) in [5.74, 6) is 0.275. The molecule has 3 aromatic rings. The average molecular weight is 521 g/mol. The molecule has 1 heterocycles. The highest BCUT2D eigenvalue weighted by molar-refractivity contribution is 6.30. The number of methoxy groups -OCH3 is 2. The molecule has 4 rings (SSSR count). The zero-order valence-corrected chi connectivity index (χ0v) is 21.2. The monoisotopic (exact) mass is 520 g/mol. The lowest BCUT2D eigenvalue weighted by Gasteiger charge is -2.29. The first-order valence-corrected chi connectivity index (χ1v) is 11.7. The van der Waals surface area contributed by atoms with Crippen LogP contribution in [0.2, 0.25) is 5.02 Å². The van der Waals surface area contributed by atoms with Gasteiger partial charge in [0.2, 0.25) is 0 Å². The van der Waals surface area contributed by atoms with Crippen molar-refractivity contribution in [2.45, 2.75) is 19.6 Å². The number of hydrogen-bond acceptors (Lipinski definition) is 6. The van der Waals surface area contributed by atoms with Gasteiger partial charge in [-0.25, -0.2) is 9.59 Å². The fourth-order valence-electron chi connectivity index (χ4n) is 4.00. The molecule has 1 aliphatic rings. The molecule has 37 heavy (non-hydrogen) atoms. The van der Waals surface area contributed by atoms with Crippen LogP contribution in [0.4, 0.5) is 4.79 Å². The molecule has 0 bridgehead atoms. The van der Waals surface area contributed by atoms with Gasteiger partial charge in [-0.05, 0) is 66.6 Å². The van der Waals surface area contributed by atoms with E-state index in [0.29, 0.717) is 44.5 Å². The number of ketones is 1. The lowest BCUT2D eigenvalue weighted by Crippen LogP contribution is -2.45. The minimum Gasteiger partial charge on any atom is -0.493 e. The van der Waals surface area contributed by atoms with Crippen LogP contribution in [-0.2, 0) is 11.3 Å². The van der Waals surface area contributed by atoms with Crippen LogP contribution in [0.5, 0.6) is 11.5 Å². The Hall–Kier alpha value is -4.30. The third kappa shape index (κ3) is 5.76. The van der Waals surface area contributed by atoms with E-state index < -0.39 is 18.0 Å². The molecule has 0 fully saturated rings. The van der Waals surface area contributed by atoms with Crippen molar-refractivity contribution in [2.24, 2.45) is 0 Å². The second-order valence-corrected chi connectivity index (χ2v) is 8.73. The smallest absolute Gasteiger partial charge is 0.337 e. The van der Waals surface area contributed by atoms with Crippen molar-refractivity contribution in [3.8, 4) is 11.5 Å². The minimum atomic E-state index is -0.703. The third-order valence-electron chi connectivity index (χ3n) is 5.91. The quantitative estimate of drug-likeness (QED) is 0.311. The molecule has 0 spiro atoms. The molecule has 0 aliphatic carbocycles. The normalized spacial score (nSPS) is 14.9. The molecule has 2 amide bonds. The van der Waals surface area contributed by atoms with Gasteiger partial charge in [0.05, 0.1) is 25.8 Å². The third-order valence-corrected chi connectivity index (χ3v) is 6.16. The van der Waals surface area contributed by atoms with E-state index in [-0.39, 0.29) is 12.4 Å². The number of nitrogens with one attached hydrogen (secondary N) is 2. The lowest BCUT2D eigenvalue weighted by atomic mass is 9.89. The van der Waals surface area contributed by atoms with Crippen molar-refractivity contribution in [3.05, 3.63) is 105 Å². The summed E-state index contributed by atoms with van der Waals surface area (Å²) in [6.07, 6.45) is 0. The van der Waals surface area contributed by atoms with E-state index in [1.165, 1.54) is 14.2 Å². The number of allylic oxidation sites excluding steroid dienone is 1. The summed E-state index contributed by atoms with van der Waals surface area (Å²) >= 11 is 5.98. The van der Waals surface area contributed by atoms with Crippen molar-refractivity contribution in [1.82, 2.24) is 10.6 Å². The van der Waals surface area contributed by atoms with Gasteiger partial charge in [-0.2, -0.15) is 0 Å². The fraction of sp³-hybridized carbons (Fsp3) is 0.179. The largest absolute Gasteiger partial charge is 0.493 e. The number of halogens is 1. The molecule has 190 valence electrons. The van der Waals surface area contributed by atoms with Crippen molar-refractivity contribution in [3.63, 3.8) is 0 Å². The van der Waals surface area contributed by atoms with Crippen molar-refractivity contribution >= 4 is 29.4 Å². The molecule has 2 N–H and O–H groups in total. The van der Waals surface area contributed by atoms with Crippen molar-refractivity contribution < 1.29 is 28.6 Å². The predicted octanol–water partition coefficient (Wildman–Crippen LogP) is 5.23. The van der Waals surface area contributed by atoms with Crippen LogP contribution >= 0.6 is 11.6 Å². The molecule has 0 unspecified atom stereocenters. The van der Waals surface area contributed by atoms with Gasteiger partial charge >= 0.3 is 12.0 Å². The first-order valence-electron chi connectivity index (χ1n) is 11.4. The molecule has 0 saturated carbocycles. The van der Waals surface area contributed by atoms with Gasteiger partial charge in [0.25, 0.3) is 0 Å². The Balaban J connectivity index is 1.58. The number of carbonyl (C=O) groups excluding carboxylic acids is 3. The zero-order valence-electron chi connectivity index (χ0n) is 20.5. The van der Waals surface area contributed by atoms with Crippen molar-refractivity contribution in [1.29, 1.82) is 0 Å². The van der Waals surface area contributed by atoms with Crippen LogP contribution in [0, 0.1) is 0 Å². The Morgan fingerprint density at radius 3 is 2.24 bits per heavy atom. The van der Waals surface area contributed by atoms with E-state index in [1.807, 2.05) is 0 Å². The van der Waals surface area contributed by atoms with Gasteiger partial charge in [-0.15, -0.1) is 0 Å². The van der Waals surface area contributed by atoms with Crippen LogP contribution in [0.3, 0.4) is 0 Å². The highest BCUT2D eigenvalue weighted by atomic mass is 35.5. The van der Waals surface area contributed by atoms with Crippen LogP contribution in [0.1, 0.15) is 44.8 Å². The standard InChI is InChI=1S/C28H25ClN2O6/c1-16-24(26(32)18-8-11-21(29)12-9-18)25(31-28(34)30-16)20-10-13-22(23(14-20)35-2)37-15-17-4-6-19(7-5-17)27(33)36-3/h4-14,25H,15H2,1-3H3,(H2,30,31,34)/t25-/m1/s1. The maximum absolute atomic E-state index is 13.4. The molecule has 3 aromatic carbocycles. The number of amides is 2. The van der Waals surface area contributed by atoms with Gasteiger partial charge in [0.15, 0.2) is 17.3 Å². The Kier molecular flexibility index (Phi) is 7.79. The number of ether oxygens (including phenoxy) is 3. The van der Waals surface area contributed by atoms with Gasteiger partial charge < -0.3 is 24.8 Å². The maximum atomic E-state index is 13.4. The highest BCUT2D eigenvalue weighted by Gasteiger charge is 2.32. The molecule has 1 atom stereocenters. The number of carbonyl (C=O) groups is 3. The minimum absolute atomic E-state index is 0.235. The second-order valence-electron chi connectivity index (χ2n) is 8.29. The molecule has 1 aliphatic heterocycles. The Morgan fingerprint density at radius 2 is 1.59 bits per heavy atom. The Morgan fingerprint density at radius 1 is 0.919 bits per heavy atom. The highest BCUT2D eigenvalue weighted by Crippen LogP contribution is 2.35.